The summed E-state index contributed by atoms with van der Waals surface area (Å²) in [4.78, 5) is 0. The van der Waals surface area contributed by atoms with E-state index in [1.165, 1.54) is 13.1 Å². The third-order valence-corrected chi connectivity index (χ3v) is 5.38. The van der Waals surface area contributed by atoms with Crippen LogP contribution in [0.25, 0.3) is 0 Å². The molecule has 4 nitrogen and oxygen atoms in total. The van der Waals surface area contributed by atoms with E-state index >= 15 is 0 Å². The Kier molecular flexibility index (Phi) is 16.3. The van der Waals surface area contributed by atoms with Crippen LogP contribution in [0.3, 0.4) is 0 Å². The molecule has 1 aliphatic rings. The summed E-state index contributed by atoms with van der Waals surface area (Å²) in [7, 11) is 0. The maximum atomic E-state index is 3.49. The van der Waals surface area contributed by atoms with Gasteiger partial charge >= 0.3 is 100 Å². The van der Waals surface area contributed by atoms with Gasteiger partial charge in [0.15, 0.2) is 0 Å². The van der Waals surface area contributed by atoms with Gasteiger partial charge in [-0.1, -0.05) is 0 Å². The van der Waals surface area contributed by atoms with Gasteiger partial charge in [0.05, 0.1) is 0 Å². The molecule has 0 radical (unpaired) electrons. The Hall–Kier alpha value is 1.13. The van der Waals surface area contributed by atoms with E-state index in [1.54, 1.807) is 0 Å². The number of hydrogen-bond donors (Lipinski definition) is 3. The van der Waals surface area contributed by atoms with Gasteiger partial charge in [-0.15, -0.1) is 24.8 Å². The summed E-state index contributed by atoms with van der Waals surface area (Å²) in [5.74, 6) is 0. The van der Waals surface area contributed by atoms with Gasteiger partial charge in [-0.2, -0.15) is 0 Å². The average molecular weight is 322 g/mol. The predicted octanol–water partition coefficient (Wildman–Crippen LogP) is 0.544. The van der Waals surface area contributed by atoms with Crippen LogP contribution in [0.5, 0.6) is 0 Å². The average Bonchev–Trinajstić information content (AvgIpc) is 2.18. The zero-order chi connectivity index (χ0) is 10.9. The number of hydrogen-bond acceptors (Lipinski definition) is 4. The zero-order valence-electron chi connectivity index (χ0n) is 10.9. The fourth-order valence-corrected chi connectivity index (χ4v) is 3.46. The van der Waals surface area contributed by atoms with E-state index in [-0.39, 0.29) is 24.8 Å². The predicted molar refractivity (Wildman–Crippen MR) is 76.4 cm³/mol. The first-order chi connectivity index (χ1) is 7.30. The molecule has 1 aliphatic heterocycles. The molecule has 1 rings (SSSR count). The molecule has 0 aromatic carbocycles. The van der Waals surface area contributed by atoms with Crippen LogP contribution in [-0.4, -0.2) is 55.7 Å². The molecule has 0 bridgehead atoms. The number of halogens is 2. The summed E-state index contributed by atoms with van der Waals surface area (Å²) < 4.78 is 2.69. The molecule has 1 heterocycles. The molecule has 0 amide bonds. The maximum absolute atomic E-state index is 3.49. The summed E-state index contributed by atoms with van der Waals surface area (Å²) in [5, 5.41) is 15.3. The summed E-state index contributed by atoms with van der Waals surface area (Å²) in [6, 6.07) is 0. The van der Waals surface area contributed by atoms with Crippen molar-refractivity contribution >= 4 is 24.8 Å². The van der Waals surface area contributed by atoms with Gasteiger partial charge in [0.1, 0.15) is 0 Å². The van der Waals surface area contributed by atoms with E-state index in [0.717, 1.165) is 39.3 Å². The Balaban J connectivity index is 0. The topological polar surface area (TPSA) is 39.3 Å². The molecule has 0 saturated carbocycles. The normalized spacial score (nSPS) is 20.1. The van der Waals surface area contributed by atoms with Crippen molar-refractivity contribution in [2.75, 3.05) is 52.4 Å². The molecule has 17 heavy (non-hydrogen) atoms. The van der Waals surface area contributed by atoms with Crippen LogP contribution in [-0.2, 0) is 18.1 Å². The second-order valence-electron chi connectivity index (χ2n) is 4.18. The van der Waals surface area contributed by atoms with E-state index in [4.69, 9.17) is 0 Å². The van der Waals surface area contributed by atoms with Crippen LogP contribution in [0.15, 0.2) is 0 Å². The van der Waals surface area contributed by atoms with E-state index in [0.29, 0.717) is 0 Å². The van der Waals surface area contributed by atoms with Gasteiger partial charge in [-0.05, 0) is 0 Å². The molecule has 0 unspecified atom stereocenters. The second kappa shape index (κ2) is 13.6. The summed E-state index contributed by atoms with van der Waals surface area (Å²) in [6.07, 6.45) is 0. The Morgan fingerprint density at radius 1 is 0.706 bits per heavy atom. The van der Waals surface area contributed by atoms with Crippen LogP contribution in [0.1, 0.15) is 0 Å². The van der Waals surface area contributed by atoms with Crippen molar-refractivity contribution in [1.82, 2.24) is 19.3 Å². The molecule has 0 spiro atoms. The van der Waals surface area contributed by atoms with Crippen LogP contribution < -0.4 is 16.0 Å². The standard InChI is InChI=1S/C8H19N4.2CH3.2ClH.Ti/c1-2-10-5-6-12-8-7-11-4-3-9-1;;;;;/h9-11H,1-8H2;2*1H3;2*1H;/q-1;;;;;+1. The minimum absolute atomic E-state index is 0. The van der Waals surface area contributed by atoms with Gasteiger partial charge in [0.2, 0.25) is 0 Å². The van der Waals surface area contributed by atoms with Crippen molar-refractivity contribution in [2.24, 2.45) is 0 Å². The summed E-state index contributed by atoms with van der Waals surface area (Å²) in [5.41, 5.74) is 0. The first-order valence-corrected chi connectivity index (χ1v) is 9.80. The molecule has 1 saturated heterocycles. The molecular formula is C10H27Cl2N4Ti. The Bertz CT molecular complexity index is 151. The summed E-state index contributed by atoms with van der Waals surface area (Å²) in [6.45, 7) is 9.09. The van der Waals surface area contributed by atoms with Crippen molar-refractivity contribution in [3.05, 3.63) is 0 Å². The zero-order valence-corrected chi connectivity index (χ0v) is 14.1. The van der Waals surface area contributed by atoms with Gasteiger partial charge in [0.25, 0.3) is 0 Å². The van der Waals surface area contributed by atoms with Gasteiger partial charge in [-0.3, -0.25) is 0 Å². The molecule has 1 fully saturated rings. The number of nitrogens with one attached hydrogen (secondary N) is 3. The first-order valence-electron chi connectivity index (χ1n) is 5.98. The van der Waals surface area contributed by atoms with Crippen molar-refractivity contribution in [2.45, 2.75) is 10.5 Å². The first kappa shape index (κ1) is 20.5. The van der Waals surface area contributed by atoms with Crippen molar-refractivity contribution in [3.8, 4) is 0 Å². The van der Waals surface area contributed by atoms with Crippen LogP contribution in [0.4, 0.5) is 0 Å². The second-order valence-corrected chi connectivity index (χ2v) is 8.13. The van der Waals surface area contributed by atoms with Gasteiger partial charge < -0.3 is 0 Å². The fraction of sp³-hybridized carbons (Fsp3) is 1.00. The van der Waals surface area contributed by atoms with Gasteiger partial charge in [0, 0.05) is 0 Å². The van der Waals surface area contributed by atoms with E-state index < -0.39 is 18.1 Å². The van der Waals surface area contributed by atoms with Crippen LogP contribution >= 0.6 is 24.8 Å². The third kappa shape index (κ3) is 10.7. The molecule has 0 aromatic heterocycles. The van der Waals surface area contributed by atoms with E-state index in [1.807, 2.05) is 0 Å². The number of rotatable bonds is 1. The van der Waals surface area contributed by atoms with E-state index in [9.17, 15) is 0 Å². The van der Waals surface area contributed by atoms with E-state index in [2.05, 4.69) is 29.8 Å². The molecule has 7 heteroatoms. The number of nitrogens with zero attached hydrogens (tertiary/aromatic N) is 1. The molecule has 0 aromatic rings. The molecule has 0 atom stereocenters. The Labute approximate surface area is 125 Å². The quantitative estimate of drug-likeness (QED) is 0.617. The molecule has 0 aliphatic carbocycles. The fourth-order valence-electron chi connectivity index (χ4n) is 1.72. The SMILES string of the molecule is Cl.Cl.[CH3][Ti]([CH3])[N]1CCNCCNCCNCC1. The van der Waals surface area contributed by atoms with Crippen molar-refractivity contribution < 1.29 is 18.1 Å². The van der Waals surface area contributed by atoms with Crippen molar-refractivity contribution in [1.29, 1.82) is 0 Å². The van der Waals surface area contributed by atoms with Gasteiger partial charge in [-0.25, -0.2) is 0 Å². The molecule has 105 valence electrons. The summed E-state index contributed by atoms with van der Waals surface area (Å²) >= 11 is -0.878. The third-order valence-electron chi connectivity index (χ3n) is 2.71. The molecular weight excluding hydrogens is 295 g/mol. The monoisotopic (exact) mass is 321 g/mol. The Morgan fingerprint density at radius 2 is 1.06 bits per heavy atom. The molecule has 3 N–H and O–H groups in total. The van der Waals surface area contributed by atoms with Crippen LogP contribution in [0.2, 0.25) is 10.5 Å². The Morgan fingerprint density at radius 3 is 1.41 bits per heavy atom. The van der Waals surface area contributed by atoms with Crippen LogP contribution in [0, 0.1) is 0 Å². The minimum atomic E-state index is -0.878. The van der Waals surface area contributed by atoms with Crippen molar-refractivity contribution in [3.63, 3.8) is 0 Å².